The molecule has 126 valence electrons. The van der Waals surface area contributed by atoms with Crippen LogP contribution >= 0.6 is 0 Å². The zero-order valence-corrected chi connectivity index (χ0v) is 14.5. The number of hydrogen-bond acceptors (Lipinski definition) is 3. The third-order valence-corrected chi connectivity index (χ3v) is 5.32. The predicted octanol–water partition coefficient (Wildman–Crippen LogP) is 2.11. The van der Waals surface area contributed by atoms with Crippen molar-refractivity contribution in [1.82, 2.24) is 10.6 Å². The van der Waals surface area contributed by atoms with Gasteiger partial charge in [0, 0.05) is 19.5 Å². The fourth-order valence-corrected chi connectivity index (χ4v) is 3.07. The maximum Gasteiger partial charge on any atom is 0.257 e. The number of carbonyl (C=O) groups is 2. The van der Waals surface area contributed by atoms with Crippen LogP contribution in [0.2, 0.25) is 0 Å². The first-order chi connectivity index (χ1) is 10.7. The van der Waals surface area contributed by atoms with Gasteiger partial charge in [0.2, 0.25) is 5.91 Å². The van der Waals surface area contributed by atoms with E-state index < -0.39 is 0 Å². The van der Waals surface area contributed by atoms with Gasteiger partial charge in [-0.2, -0.15) is 0 Å². The van der Waals surface area contributed by atoms with Crippen molar-refractivity contribution in [1.29, 1.82) is 0 Å². The summed E-state index contributed by atoms with van der Waals surface area (Å²) in [6.45, 7) is 9.03. The van der Waals surface area contributed by atoms with Gasteiger partial charge in [0.15, 0.2) is 6.61 Å². The van der Waals surface area contributed by atoms with Gasteiger partial charge in [-0.25, -0.2) is 0 Å². The Bertz CT molecular complexity index is 577. The normalized spacial score (nSPS) is 18.1. The molecule has 0 radical (unpaired) electrons. The first-order valence-corrected chi connectivity index (χ1v) is 7.90. The van der Waals surface area contributed by atoms with Gasteiger partial charge < -0.3 is 15.4 Å². The number of likely N-dealkylation sites (N-methyl/N-ethyl adjacent to an activating group) is 1. The van der Waals surface area contributed by atoms with Crippen LogP contribution in [0.15, 0.2) is 24.3 Å². The minimum absolute atomic E-state index is 0.00156. The smallest absolute Gasteiger partial charge is 0.257 e. The van der Waals surface area contributed by atoms with E-state index in [1.54, 1.807) is 19.2 Å². The van der Waals surface area contributed by atoms with Crippen LogP contribution in [0.4, 0.5) is 0 Å². The minimum Gasteiger partial charge on any atom is -0.484 e. The lowest BCUT2D eigenvalue weighted by molar-refractivity contribution is -0.124. The van der Waals surface area contributed by atoms with E-state index in [0.29, 0.717) is 12.3 Å². The molecule has 2 N–H and O–H groups in total. The van der Waals surface area contributed by atoms with E-state index in [-0.39, 0.29) is 35.2 Å². The summed E-state index contributed by atoms with van der Waals surface area (Å²) >= 11 is 0. The van der Waals surface area contributed by atoms with E-state index in [0.717, 1.165) is 5.56 Å². The molecule has 1 fully saturated rings. The zero-order chi connectivity index (χ0) is 17.3. The molecule has 1 aromatic rings. The molecule has 1 aliphatic rings. The maximum absolute atomic E-state index is 12.3. The molecule has 0 heterocycles. The van der Waals surface area contributed by atoms with Gasteiger partial charge >= 0.3 is 0 Å². The van der Waals surface area contributed by atoms with Gasteiger partial charge in [0.1, 0.15) is 5.75 Å². The van der Waals surface area contributed by atoms with Crippen molar-refractivity contribution in [3.05, 3.63) is 29.8 Å². The monoisotopic (exact) mass is 318 g/mol. The van der Waals surface area contributed by atoms with E-state index in [2.05, 4.69) is 38.3 Å². The molecule has 0 unspecified atom stereocenters. The summed E-state index contributed by atoms with van der Waals surface area (Å²) in [5.74, 6) is 0.634. The van der Waals surface area contributed by atoms with Crippen molar-refractivity contribution in [2.45, 2.75) is 34.2 Å². The molecule has 1 aliphatic carbocycles. The predicted molar refractivity (Wildman–Crippen MR) is 88.9 cm³/mol. The van der Waals surface area contributed by atoms with Gasteiger partial charge in [-0.05, 0) is 28.5 Å². The van der Waals surface area contributed by atoms with Crippen LogP contribution in [-0.4, -0.2) is 25.5 Å². The number of hydrogen-bond donors (Lipinski definition) is 2. The average molecular weight is 318 g/mol. The second-order valence-corrected chi connectivity index (χ2v) is 7.20. The number of ether oxygens (including phenoxy) is 1. The van der Waals surface area contributed by atoms with E-state index in [1.807, 2.05) is 12.1 Å². The SMILES string of the molecule is CNC(=O)COc1ccc(CNC(=O)C2C(C)(C)C2(C)C)cc1. The molecule has 0 saturated heterocycles. The molecule has 1 saturated carbocycles. The summed E-state index contributed by atoms with van der Waals surface area (Å²) in [5.41, 5.74) is 1.10. The fraction of sp³-hybridized carbons (Fsp3) is 0.556. The lowest BCUT2D eigenvalue weighted by Gasteiger charge is -2.08. The molecule has 2 rings (SSSR count). The van der Waals surface area contributed by atoms with Crippen LogP contribution in [0, 0.1) is 16.7 Å². The Labute approximate surface area is 137 Å². The Kier molecular flexibility index (Phi) is 4.68. The summed E-state index contributed by atoms with van der Waals surface area (Å²) in [6, 6.07) is 7.39. The lowest BCUT2D eigenvalue weighted by Crippen LogP contribution is -2.27. The van der Waals surface area contributed by atoms with Crippen LogP contribution in [0.1, 0.15) is 33.3 Å². The highest BCUT2D eigenvalue weighted by Crippen LogP contribution is 2.68. The van der Waals surface area contributed by atoms with Crippen molar-refractivity contribution < 1.29 is 14.3 Å². The quantitative estimate of drug-likeness (QED) is 0.844. The molecule has 0 bridgehead atoms. The number of amides is 2. The fourth-order valence-electron chi connectivity index (χ4n) is 3.07. The molecule has 5 heteroatoms. The first kappa shape index (κ1) is 17.3. The average Bonchev–Trinajstić information content (AvgIpc) is 2.93. The standard InChI is InChI=1S/C18H26N2O3/c1-17(2)15(18(17,3)4)16(22)20-10-12-6-8-13(9-7-12)23-11-14(21)19-5/h6-9,15H,10-11H2,1-5H3,(H,19,21)(H,20,22). The van der Waals surface area contributed by atoms with Gasteiger partial charge in [0.05, 0.1) is 0 Å². The highest BCUT2D eigenvalue weighted by Gasteiger charge is 2.68. The van der Waals surface area contributed by atoms with Crippen LogP contribution in [-0.2, 0) is 16.1 Å². The van der Waals surface area contributed by atoms with Crippen LogP contribution in [0.25, 0.3) is 0 Å². The summed E-state index contributed by atoms with van der Waals surface area (Å²) in [7, 11) is 1.57. The van der Waals surface area contributed by atoms with Crippen molar-refractivity contribution in [3.8, 4) is 5.75 Å². The molecule has 0 aliphatic heterocycles. The highest BCUT2D eigenvalue weighted by atomic mass is 16.5. The summed E-state index contributed by atoms with van der Waals surface area (Å²) in [4.78, 5) is 23.4. The number of nitrogens with one attached hydrogen (secondary N) is 2. The Morgan fingerprint density at radius 2 is 1.65 bits per heavy atom. The number of carbonyl (C=O) groups excluding carboxylic acids is 2. The van der Waals surface area contributed by atoms with E-state index in [4.69, 9.17) is 4.74 Å². The van der Waals surface area contributed by atoms with Crippen molar-refractivity contribution in [2.24, 2.45) is 16.7 Å². The van der Waals surface area contributed by atoms with Crippen molar-refractivity contribution in [3.63, 3.8) is 0 Å². The number of benzene rings is 1. The van der Waals surface area contributed by atoms with E-state index in [1.165, 1.54) is 0 Å². The van der Waals surface area contributed by atoms with Gasteiger partial charge in [-0.3, -0.25) is 9.59 Å². The molecule has 1 aromatic carbocycles. The molecule has 5 nitrogen and oxygen atoms in total. The topological polar surface area (TPSA) is 67.4 Å². The maximum atomic E-state index is 12.3. The Hall–Kier alpha value is -2.04. The van der Waals surface area contributed by atoms with Crippen LogP contribution < -0.4 is 15.4 Å². The molecule has 23 heavy (non-hydrogen) atoms. The van der Waals surface area contributed by atoms with Gasteiger partial charge in [0.25, 0.3) is 5.91 Å². The Morgan fingerprint density at radius 3 is 2.13 bits per heavy atom. The molecule has 0 aromatic heterocycles. The van der Waals surface area contributed by atoms with Crippen LogP contribution in [0.3, 0.4) is 0 Å². The van der Waals surface area contributed by atoms with Gasteiger partial charge in [-0.1, -0.05) is 39.8 Å². The second-order valence-electron chi connectivity index (χ2n) is 7.20. The van der Waals surface area contributed by atoms with E-state index in [9.17, 15) is 9.59 Å². The first-order valence-electron chi connectivity index (χ1n) is 7.90. The third-order valence-electron chi connectivity index (χ3n) is 5.32. The van der Waals surface area contributed by atoms with Gasteiger partial charge in [-0.15, -0.1) is 0 Å². The molecular formula is C18H26N2O3. The minimum atomic E-state index is -0.170. The largest absolute Gasteiger partial charge is 0.484 e. The molecular weight excluding hydrogens is 292 g/mol. The Morgan fingerprint density at radius 1 is 1.09 bits per heavy atom. The third kappa shape index (κ3) is 3.49. The summed E-state index contributed by atoms with van der Waals surface area (Å²) < 4.78 is 5.34. The second kappa shape index (κ2) is 6.22. The zero-order valence-electron chi connectivity index (χ0n) is 14.5. The highest BCUT2D eigenvalue weighted by molar-refractivity contribution is 5.84. The van der Waals surface area contributed by atoms with Crippen molar-refractivity contribution in [2.75, 3.05) is 13.7 Å². The molecule has 0 spiro atoms. The van der Waals surface area contributed by atoms with Crippen LogP contribution in [0.5, 0.6) is 5.75 Å². The molecule has 0 atom stereocenters. The Balaban J connectivity index is 1.83. The summed E-state index contributed by atoms with van der Waals surface area (Å²) in [5, 5.41) is 5.50. The van der Waals surface area contributed by atoms with E-state index >= 15 is 0 Å². The molecule has 2 amide bonds. The van der Waals surface area contributed by atoms with Crippen molar-refractivity contribution >= 4 is 11.8 Å². The number of rotatable bonds is 6. The lowest BCUT2D eigenvalue weighted by atomic mass is 10.0. The summed E-state index contributed by atoms with van der Waals surface area (Å²) in [6.07, 6.45) is 0.